The molecule has 4 heteroatoms. The molecule has 0 bridgehead atoms. The predicted octanol–water partition coefficient (Wildman–Crippen LogP) is 0.702. The van der Waals surface area contributed by atoms with Crippen LogP contribution in [0, 0.1) is 0 Å². The van der Waals surface area contributed by atoms with Gasteiger partial charge in [0, 0.05) is 19.2 Å². The summed E-state index contributed by atoms with van der Waals surface area (Å²) in [7, 11) is 0. The lowest BCUT2D eigenvalue weighted by Crippen LogP contribution is -2.27. The molecule has 0 aromatic heterocycles. The number of nitrogens with zero attached hydrogens (tertiary/aromatic N) is 1. The number of hydrogen-bond donors (Lipinski definition) is 0. The van der Waals surface area contributed by atoms with Gasteiger partial charge in [0.25, 0.3) is 5.24 Å². The minimum absolute atomic E-state index is 0.109. The Balaban J connectivity index is 2.60. The van der Waals surface area contributed by atoms with Crippen LogP contribution in [0.5, 0.6) is 0 Å². The molecule has 50 valence electrons. The van der Waals surface area contributed by atoms with Crippen molar-refractivity contribution in [3.8, 4) is 0 Å². The molecule has 3 nitrogen and oxygen atoms in total. The largest absolute Gasteiger partial charge is 0.288 e. The van der Waals surface area contributed by atoms with Crippen LogP contribution < -0.4 is 0 Å². The van der Waals surface area contributed by atoms with Gasteiger partial charge in [0.2, 0.25) is 5.91 Å². The topological polar surface area (TPSA) is 37.4 Å². The van der Waals surface area contributed by atoms with E-state index in [-0.39, 0.29) is 11.1 Å². The first-order valence-corrected chi connectivity index (χ1v) is 3.65. The van der Waals surface area contributed by atoms with Crippen molar-refractivity contribution in [2.45, 2.75) is 6.92 Å². The molecule has 1 aliphatic rings. The van der Waals surface area contributed by atoms with Crippen molar-refractivity contribution in [2.24, 2.45) is 0 Å². The van der Waals surface area contributed by atoms with Crippen molar-refractivity contribution in [1.29, 1.82) is 0 Å². The lowest BCUT2D eigenvalue weighted by Gasteiger charge is -2.06. The molecular weight excluding hydrogens is 138 g/mol. The monoisotopic (exact) mass is 145 g/mol. The quantitative estimate of drug-likeness (QED) is 0.503. The smallest absolute Gasteiger partial charge is 0.275 e. The normalized spacial score (nSPS) is 18.8. The molecule has 0 unspecified atom stereocenters. The number of thioether (sulfide) groups is 1. The Kier molecular flexibility index (Phi) is 1.75. The van der Waals surface area contributed by atoms with Gasteiger partial charge in [0.15, 0.2) is 0 Å². The molecule has 1 fully saturated rings. The molecule has 0 N–H and O–H groups in total. The minimum atomic E-state index is -0.148. The van der Waals surface area contributed by atoms with Gasteiger partial charge in [-0.1, -0.05) is 11.8 Å². The van der Waals surface area contributed by atoms with E-state index in [2.05, 4.69) is 0 Å². The average Bonchev–Trinajstić information content (AvgIpc) is 2.13. The van der Waals surface area contributed by atoms with Crippen molar-refractivity contribution < 1.29 is 9.59 Å². The van der Waals surface area contributed by atoms with Crippen molar-refractivity contribution in [3.63, 3.8) is 0 Å². The van der Waals surface area contributed by atoms with E-state index in [0.29, 0.717) is 6.54 Å². The van der Waals surface area contributed by atoms with Crippen LogP contribution in [0.4, 0.5) is 4.79 Å². The molecule has 9 heavy (non-hydrogen) atoms. The molecule has 0 saturated carbocycles. The summed E-state index contributed by atoms with van der Waals surface area (Å²) in [5.74, 6) is 0.600. The molecule has 1 aliphatic heterocycles. The molecule has 1 rings (SSSR count). The van der Waals surface area contributed by atoms with Crippen LogP contribution in [-0.4, -0.2) is 28.3 Å². The number of rotatable bonds is 0. The predicted molar refractivity (Wildman–Crippen MR) is 35.2 cm³/mol. The number of carbonyl (C=O) groups is 2. The molecular formula is C5H7NO2S. The van der Waals surface area contributed by atoms with Gasteiger partial charge in [-0.2, -0.15) is 0 Å². The van der Waals surface area contributed by atoms with E-state index in [0.717, 1.165) is 5.75 Å². The second-order valence-corrected chi connectivity index (χ2v) is 2.83. The van der Waals surface area contributed by atoms with Gasteiger partial charge in [-0.15, -0.1) is 0 Å². The molecule has 0 aromatic rings. The molecule has 2 amide bonds. The highest BCUT2D eigenvalue weighted by Crippen LogP contribution is 2.16. The fourth-order valence-electron chi connectivity index (χ4n) is 0.679. The molecule has 0 aliphatic carbocycles. The summed E-state index contributed by atoms with van der Waals surface area (Å²) in [6.45, 7) is 1.99. The first kappa shape index (κ1) is 6.61. The first-order valence-electron chi connectivity index (χ1n) is 2.66. The maximum absolute atomic E-state index is 10.7. The van der Waals surface area contributed by atoms with Gasteiger partial charge < -0.3 is 0 Å². The van der Waals surface area contributed by atoms with Crippen LogP contribution in [0.2, 0.25) is 0 Å². The summed E-state index contributed by atoms with van der Waals surface area (Å²) in [5, 5.41) is -0.109. The third-order valence-corrected chi connectivity index (χ3v) is 1.99. The number of amides is 2. The maximum Gasteiger partial charge on any atom is 0.288 e. The lowest BCUT2D eigenvalue weighted by atomic mass is 10.5. The zero-order valence-corrected chi connectivity index (χ0v) is 5.90. The van der Waals surface area contributed by atoms with Crippen molar-refractivity contribution in [2.75, 3.05) is 12.3 Å². The summed E-state index contributed by atoms with van der Waals surface area (Å²) >= 11 is 1.20. The van der Waals surface area contributed by atoms with Crippen LogP contribution in [0.1, 0.15) is 6.92 Å². The van der Waals surface area contributed by atoms with E-state index in [1.807, 2.05) is 0 Å². The second kappa shape index (κ2) is 2.39. The maximum atomic E-state index is 10.7. The highest BCUT2D eigenvalue weighted by Gasteiger charge is 2.23. The van der Waals surface area contributed by atoms with Gasteiger partial charge in [-0.05, 0) is 0 Å². The summed E-state index contributed by atoms with van der Waals surface area (Å²) in [4.78, 5) is 22.5. The van der Waals surface area contributed by atoms with Crippen LogP contribution in [-0.2, 0) is 4.79 Å². The van der Waals surface area contributed by atoms with Gasteiger partial charge in [-0.25, -0.2) is 0 Å². The Morgan fingerprint density at radius 1 is 1.78 bits per heavy atom. The number of hydrogen-bond acceptors (Lipinski definition) is 3. The summed E-state index contributed by atoms with van der Waals surface area (Å²) in [5.41, 5.74) is 0. The third kappa shape index (κ3) is 1.24. The van der Waals surface area contributed by atoms with E-state index < -0.39 is 0 Å². The molecule has 0 radical (unpaired) electrons. The van der Waals surface area contributed by atoms with E-state index >= 15 is 0 Å². The van der Waals surface area contributed by atoms with E-state index in [1.54, 1.807) is 0 Å². The molecule has 1 saturated heterocycles. The van der Waals surface area contributed by atoms with Crippen LogP contribution in [0.3, 0.4) is 0 Å². The Morgan fingerprint density at radius 3 is 2.67 bits per heavy atom. The standard InChI is InChI=1S/C5H7NO2S/c1-4(7)6-2-3-9-5(6)8/h2-3H2,1H3. The second-order valence-electron chi connectivity index (χ2n) is 1.79. The summed E-state index contributed by atoms with van der Waals surface area (Å²) < 4.78 is 0. The van der Waals surface area contributed by atoms with Crippen molar-refractivity contribution in [1.82, 2.24) is 4.90 Å². The third-order valence-electron chi connectivity index (χ3n) is 1.14. The highest BCUT2D eigenvalue weighted by atomic mass is 32.2. The Labute approximate surface area is 57.4 Å². The van der Waals surface area contributed by atoms with Gasteiger partial charge >= 0.3 is 0 Å². The zero-order chi connectivity index (χ0) is 6.85. The van der Waals surface area contributed by atoms with E-state index in [4.69, 9.17) is 0 Å². The lowest BCUT2D eigenvalue weighted by molar-refractivity contribution is -0.125. The molecule has 0 atom stereocenters. The first-order chi connectivity index (χ1) is 4.22. The van der Waals surface area contributed by atoms with Crippen LogP contribution in [0.15, 0.2) is 0 Å². The fourth-order valence-corrected chi connectivity index (χ4v) is 1.50. The minimum Gasteiger partial charge on any atom is -0.275 e. The Morgan fingerprint density at radius 2 is 2.44 bits per heavy atom. The van der Waals surface area contributed by atoms with Gasteiger partial charge in [0.05, 0.1) is 0 Å². The van der Waals surface area contributed by atoms with Crippen molar-refractivity contribution >= 4 is 22.9 Å². The SMILES string of the molecule is CC(=O)N1CCSC1=O. The number of imide groups is 1. The summed E-state index contributed by atoms with van der Waals surface area (Å²) in [6, 6.07) is 0. The fraction of sp³-hybridized carbons (Fsp3) is 0.600. The van der Waals surface area contributed by atoms with Crippen LogP contribution >= 0.6 is 11.8 Å². The average molecular weight is 145 g/mol. The molecule has 1 heterocycles. The molecule has 0 spiro atoms. The number of carbonyl (C=O) groups excluding carboxylic acids is 2. The Bertz CT molecular complexity index is 157. The van der Waals surface area contributed by atoms with Gasteiger partial charge in [-0.3, -0.25) is 14.5 Å². The van der Waals surface area contributed by atoms with E-state index in [1.165, 1.54) is 23.6 Å². The zero-order valence-electron chi connectivity index (χ0n) is 5.09. The molecule has 0 aromatic carbocycles. The van der Waals surface area contributed by atoms with Crippen molar-refractivity contribution in [3.05, 3.63) is 0 Å². The summed E-state index contributed by atoms with van der Waals surface area (Å²) in [6.07, 6.45) is 0. The highest BCUT2D eigenvalue weighted by molar-refractivity contribution is 8.13. The van der Waals surface area contributed by atoms with E-state index in [9.17, 15) is 9.59 Å². The Hall–Kier alpha value is -0.510. The van der Waals surface area contributed by atoms with Crippen LogP contribution in [0.25, 0.3) is 0 Å². The van der Waals surface area contributed by atoms with Gasteiger partial charge in [0.1, 0.15) is 0 Å².